The summed E-state index contributed by atoms with van der Waals surface area (Å²) in [5.74, 6) is -5.93. The van der Waals surface area contributed by atoms with Crippen molar-refractivity contribution in [2.24, 2.45) is 4.40 Å². The van der Waals surface area contributed by atoms with Crippen molar-refractivity contribution in [3.8, 4) is 5.75 Å². The quantitative estimate of drug-likeness (QED) is 0.400. The van der Waals surface area contributed by atoms with E-state index in [1.54, 1.807) is 6.07 Å². The fraction of sp³-hybridized carbons (Fsp3) is 0.222. The van der Waals surface area contributed by atoms with Crippen molar-refractivity contribution in [3.63, 3.8) is 0 Å². The molecule has 2 aromatic rings. The second-order valence-electron chi connectivity index (χ2n) is 6.18. The third kappa shape index (κ3) is 4.91. The number of amidine groups is 1. The van der Waals surface area contributed by atoms with Crippen LogP contribution in [0.1, 0.15) is 18.4 Å². The minimum absolute atomic E-state index is 0.108. The van der Waals surface area contributed by atoms with Crippen LogP contribution < -0.4 is 10.1 Å². The van der Waals surface area contributed by atoms with Gasteiger partial charge in [0.1, 0.15) is 10.6 Å². The van der Waals surface area contributed by atoms with Crippen LogP contribution in [-0.4, -0.2) is 26.6 Å². The van der Waals surface area contributed by atoms with E-state index in [1.165, 1.54) is 24.3 Å². The van der Waals surface area contributed by atoms with Crippen LogP contribution in [-0.2, 0) is 20.7 Å². The summed E-state index contributed by atoms with van der Waals surface area (Å²) in [5.41, 5.74) is -0.694. The normalized spacial score (nSPS) is 15.2. The SMILES string of the molecule is O=C(CCC(F)(F)c1ccccc1OC(F)F)C1=NS(=O)(=O)c2cc(I)ccc2N1. The summed E-state index contributed by atoms with van der Waals surface area (Å²) >= 11 is 1.91. The van der Waals surface area contributed by atoms with E-state index in [1.807, 2.05) is 22.6 Å². The second-order valence-corrected chi connectivity index (χ2v) is 9.00. The molecule has 12 heteroatoms. The maximum Gasteiger partial charge on any atom is 0.387 e. The number of benzene rings is 2. The molecule has 1 heterocycles. The van der Waals surface area contributed by atoms with Gasteiger partial charge in [-0.2, -0.15) is 17.2 Å². The zero-order valence-electron chi connectivity index (χ0n) is 14.9. The fourth-order valence-electron chi connectivity index (χ4n) is 2.74. The van der Waals surface area contributed by atoms with Crippen LogP contribution in [0.5, 0.6) is 5.75 Å². The van der Waals surface area contributed by atoms with Crippen molar-refractivity contribution < 1.29 is 35.5 Å². The highest BCUT2D eigenvalue weighted by Gasteiger charge is 2.37. The number of halogens is 5. The summed E-state index contributed by atoms with van der Waals surface area (Å²) in [6.07, 6.45) is -1.84. The number of fused-ring (bicyclic) bond motifs is 1. The van der Waals surface area contributed by atoms with Gasteiger partial charge in [-0.1, -0.05) is 12.1 Å². The molecule has 0 bridgehead atoms. The summed E-state index contributed by atoms with van der Waals surface area (Å²) in [4.78, 5) is 12.2. The number of carbonyl (C=O) groups is 1. The Bertz CT molecular complexity index is 1120. The predicted octanol–water partition coefficient (Wildman–Crippen LogP) is 4.55. The van der Waals surface area contributed by atoms with E-state index in [2.05, 4.69) is 14.5 Å². The molecule has 2 aromatic carbocycles. The van der Waals surface area contributed by atoms with Crippen LogP contribution in [0.15, 0.2) is 51.8 Å². The number of para-hydroxylation sites is 1. The number of carbonyl (C=O) groups excluding carboxylic acids is 1. The second kappa shape index (κ2) is 8.49. The Hall–Kier alpha value is -2.22. The standard InChI is InChI=1S/C18H13F4IN2O4S/c19-17(20)29-14-4-2-1-3-11(14)18(21,22)8-7-13(26)16-24-12-6-5-10(23)9-15(12)30(27,28)25-16/h1-6,9,17H,7-8H2,(H,24,25). The third-order valence-electron chi connectivity index (χ3n) is 4.11. The van der Waals surface area contributed by atoms with Crippen LogP contribution in [0.3, 0.4) is 0 Å². The topological polar surface area (TPSA) is 84.8 Å². The molecule has 0 radical (unpaired) electrons. The van der Waals surface area contributed by atoms with Gasteiger partial charge in [0.05, 0.1) is 11.3 Å². The van der Waals surface area contributed by atoms with Gasteiger partial charge in [0.25, 0.3) is 15.9 Å². The summed E-state index contributed by atoms with van der Waals surface area (Å²) in [5, 5.41) is 2.54. The molecular formula is C18H13F4IN2O4S. The highest BCUT2D eigenvalue weighted by Crippen LogP contribution is 2.39. The van der Waals surface area contributed by atoms with Crippen LogP contribution in [0, 0.1) is 3.57 Å². The Balaban J connectivity index is 1.78. The molecule has 0 spiro atoms. The number of hydrogen-bond donors (Lipinski definition) is 1. The fourth-order valence-corrected chi connectivity index (χ4v) is 4.61. The Labute approximate surface area is 182 Å². The first kappa shape index (κ1) is 22.5. The van der Waals surface area contributed by atoms with Crippen LogP contribution in [0.2, 0.25) is 0 Å². The number of hydrogen-bond acceptors (Lipinski definition) is 5. The van der Waals surface area contributed by atoms with Crippen LogP contribution in [0.25, 0.3) is 0 Å². The summed E-state index contributed by atoms with van der Waals surface area (Å²) < 4.78 is 86.8. The lowest BCUT2D eigenvalue weighted by molar-refractivity contribution is -0.115. The number of ether oxygens (including phenoxy) is 1. The first-order valence-electron chi connectivity index (χ1n) is 8.36. The third-order valence-corrected chi connectivity index (χ3v) is 6.10. The van der Waals surface area contributed by atoms with Crippen molar-refractivity contribution >= 4 is 49.9 Å². The van der Waals surface area contributed by atoms with Gasteiger partial charge >= 0.3 is 6.61 Å². The van der Waals surface area contributed by atoms with Crippen molar-refractivity contribution in [3.05, 3.63) is 51.6 Å². The van der Waals surface area contributed by atoms with Crippen molar-refractivity contribution in [1.29, 1.82) is 0 Å². The smallest absolute Gasteiger partial charge is 0.387 e. The van der Waals surface area contributed by atoms with E-state index < -0.39 is 58.3 Å². The van der Waals surface area contributed by atoms with Gasteiger partial charge in [-0.25, -0.2) is 8.78 Å². The maximum absolute atomic E-state index is 14.6. The molecular weight excluding hydrogens is 543 g/mol. The van der Waals surface area contributed by atoms with Crippen LogP contribution in [0.4, 0.5) is 23.2 Å². The number of rotatable bonds is 7. The minimum Gasteiger partial charge on any atom is -0.434 e. The number of ketones is 1. The lowest BCUT2D eigenvalue weighted by Gasteiger charge is -2.21. The zero-order chi connectivity index (χ0) is 22.1. The van der Waals surface area contributed by atoms with Crippen molar-refractivity contribution in [2.75, 3.05) is 5.32 Å². The number of alkyl halides is 4. The van der Waals surface area contributed by atoms with Gasteiger partial charge in [0, 0.05) is 16.4 Å². The Morgan fingerprint density at radius 3 is 2.60 bits per heavy atom. The Morgan fingerprint density at radius 1 is 1.20 bits per heavy atom. The van der Waals surface area contributed by atoms with Crippen molar-refractivity contribution in [1.82, 2.24) is 0 Å². The Kier molecular flexibility index (Phi) is 6.36. The molecule has 0 unspecified atom stereocenters. The first-order chi connectivity index (χ1) is 14.0. The molecule has 0 saturated heterocycles. The van der Waals surface area contributed by atoms with Gasteiger partial charge in [-0.3, -0.25) is 4.79 Å². The molecule has 6 nitrogen and oxygen atoms in total. The number of nitrogens with zero attached hydrogens (tertiary/aromatic N) is 1. The highest BCUT2D eigenvalue weighted by atomic mass is 127. The average molecular weight is 556 g/mol. The number of nitrogens with one attached hydrogen (secondary N) is 1. The molecule has 0 amide bonds. The van der Waals surface area contributed by atoms with E-state index in [-0.39, 0.29) is 10.6 Å². The van der Waals surface area contributed by atoms with Gasteiger partial charge in [-0.05, 0) is 52.9 Å². The molecule has 0 atom stereocenters. The van der Waals surface area contributed by atoms with E-state index in [0.29, 0.717) is 3.57 Å². The highest BCUT2D eigenvalue weighted by molar-refractivity contribution is 14.1. The summed E-state index contributed by atoms with van der Waals surface area (Å²) in [7, 11) is -4.18. The molecule has 1 aliphatic rings. The molecule has 1 aliphatic heterocycles. The molecule has 0 saturated carbocycles. The molecule has 160 valence electrons. The maximum atomic E-state index is 14.6. The summed E-state index contributed by atoms with van der Waals surface area (Å²) in [6.45, 7) is -3.29. The molecule has 1 N–H and O–H groups in total. The minimum atomic E-state index is -4.18. The average Bonchev–Trinajstić information content (AvgIpc) is 2.66. The number of Topliss-reactive ketones (excluding diaryl/α,β-unsaturated/α-hetero) is 1. The lowest BCUT2D eigenvalue weighted by Crippen LogP contribution is -2.30. The van der Waals surface area contributed by atoms with Crippen molar-refractivity contribution in [2.45, 2.75) is 30.3 Å². The van der Waals surface area contributed by atoms with Gasteiger partial charge in [0.2, 0.25) is 0 Å². The van der Waals surface area contributed by atoms with Gasteiger partial charge in [0.15, 0.2) is 11.6 Å². The van der Waals surface area contributed by atoms with E-state index in [4.69, 9.17) is 0 Å². The first-order valence-corrected chi connectivity index (χ1v) is 10.9. The summed E-state index contributed by atoms with van der Waals surface area (Å²) in [6, 6.07) is 8.76. The number of anilines is 1. The monoisotopic (exact) mass is 556 g/mol. The van der Waals surface area contributed by atoms with Crippen LogP contribution >= 0.6 is 22.6 Å². The Morgan fingerprint density at radius 2 is 1.90 bits per heavy atom. The molecule has 30 heavy (non-hydrogen) atoms. The van der Waals surface area contributed by atoms with E-state index in [0.717, 1.165) is 12.1 Å². The molecule has 0 aliphatic carbocycles. The molecule has 3 rings (SSSR count). The zero-order valence-corrected chi connectivity index (χ0v) is 17.9. The van der Waals surface area contributed by atoms with Gasteiger partial charge < -0.3 is 10.1 Å². The van der Waals surface area contributed by atoms with Gasteiger partial charge in [-0.15, -0.1) is 4.40 Å². The predicted molar refractivity (Wildman–Crippen MR) is 109 cm³/mol. The lowest BCUT2D eigenvalue weighted by atomic mass is 10.0. The largest absolute Gasteiger partial charge is 0.434 e. The molecule has 0 fully saturated rings. The molecule has 0 aromatic heterocycles. The number of sulfonamides is 1. The van der Waals surface area contributed by atoms with E-state index in [9.17, 15) is 30.8 Å². The van der Waals surface area contributed by atoms with E-state index >= 15 is 0 Å².